The molecule has 2 aromatic rings. The maximum atomic E-state index is 12.9. The van der Waals surface area contributed by atoms with Crippen LogP contribution >= 0.6 is 0 Å². The van der Waals surface area contributed by atoms with Crippen molar-refractivity contribution in [1.82, 2.24) is 10.6 Å². The Bertz CT molecular complexity index is 853. The van der Waals surface area contributed by atoms with Gasteiger partial charge in [-0.15, -0.1) is 0 Å². The van der Waals surface area contributed by atoms with Crippen LogP contribution in [0.4, 0.5) is 0 Å². The lowest BCUT2D eigenvalue weighted by atomic mass is 10.0. The highest BCUT2D eigenvalue weighted by Crippen LogP contribution is 2.38. The molecule has 0 radical (unpaired) electrons. The Kier molecular flexibility index (Phi) is 8.09. The van der Waals surface area contributed by atoms with Crippen LogP contribution in [0.15, 0.2) is 36.4 Å². The number of carbonyl (C=O) groups is 2. The van der Waals surface area contributed by atoms with Crippen LogP contribution in [-0.4, -0.2) is 39.2 Å². The van der Waals surface area contributed by atoms with Crippen molar-refractivity contribution in [2.24, 2.45) is 5.92 Å². The van der Waals surface area contributed by atoms with Crippen molar-refractivity contribution in [3.8, 4) is 17.2 Å². The van der Waals surface area contributed by atoms with E-state index >= 15 is 0 Å². The molecule has 0 saturated carbocycles. The molecule has 7 nitrogen and oxygen atoms in total. The van der Waals surface area contributed by atoms with Crippen molar-refractivity contribution in [2.45, 2.75) is 33.4 Å². The fourth-order valence-corrected chi connectivity index (χ4v) is 2.98. The minimum atomic E-state index is -0.693. The summed E-state index contributed by atoms with van der Waals surface area (Å²) in [6.45, 7) is 6.16. The molecule has 0 aliphatic rings. The van der Waals surface area contributed by atoms with Crippen LogP contribution in [0.3, 0.4) is 0 Å². The van der Waals surface area contributed by atoms with Crippen molar-refractivity contribution in [3.63, 3.8) is 0 Å². The number of hydrogen-bond donors (Lipinski definition) is 2. The molecule has 0 aromatic heterocycles. The molecule has 0 bridgehead atoms. The maximum absolute atomic E-state index is 12.9. The molecule has 0 spiro atoms. The molecule has 2 N–H and O–H groups in total. The summed E-state index contributed by atoms with van der Waals surface area (Å²) in [5, 5.41) is 5.71. The number of rotatable bonds is 9. The van der Waals surface area contributed by atoms with Gasteiger partial charge in [0.25, 0.3) is 5.91 Å². The highest BCUT2D eigenvalue weighted by Gasteiger charge is 2.26. The zero-order valence-electron chi connectivity index (χ0n) is 18.4. The Morgan fingerprint density at radius 3 is 1.97 bits per heavy atom. The molecule has 0 aliphatic carbocycles. The van der Waals surface area contributed by atoms with Crippen LogP contribution in [-0.2, 0) is 11.3 Å². The zero-order valence-corrected chi connectivity index (χ0v) is 18.4. The summed E-state index contributed by atoms with van der Waals surface area (Å²) >= 11 is 0. The van der Waals surface area contributed by atoms with Gasteiger partial charge in [0.2, 0.25) is 11.7 Å². The van der Waals surface area contributed by atoms with Crippen molar-refractivity contribution < 1.29 is 23.8 Å². The van der Waals surface area contributed by atoms with E-state index in [0.29, 0.717) is 29.4 Å². The molecule has 0 unspecified atom stereocenters. The number of methoxy groups -OCH3 is 3. The lowest BCUT2D eigenvalue weighted by Gasteiger charge is -2.22. The summed E-state index contributed by atoms with van der Waals surface area (Å²) in [6.07, 6.45) is 0. The number of aryl methyl sites for hydroxylation is 1. The summed E-state index contributed by atoms with van der Waals surface area (Å²) in [6, 6.07) is 10.3. The molecule has 0 fully saturated rings. The van der Waals surface area contributed by atoms with Gasteiger partial charge in [-0.25, -0.2) is 0 Å². The van der Waals surface area contributed by atoms with Gasteiger partial charge in [0.05, 0.1) is 21.3 Å². The topological polar surface area (TPSA) is 85.9 Å². The molecule has 30 heavy (non-hydrogen) atoms. The Balaban J connectivity index is 2.14. The third kappa shape index (κ3) is 5.65. The van der Waals surface area contributed by atoms with E-state index in [1.54, 1.807) is 12.1 Å². The summed E-state index contributed by atoms with van der Waals surface area (Å²) in [5.74, 6) is 0.380. The minimum Gasteiger partial charge on any atom is -0.493 e. The van der Waals surface area contributed by atoms with Crippen LogP contribution < -0.4 is 24.8 Å². The molecular formula is C23H30N2O5. The van der Waals surface area contributed by atoms with Crippen molar-refractivity contribution in [2.75, 3.05) is 21.3 Å². The summed E-state index contributed by atoms with van der Waals surface area (Å²) < 4.78 is 15.9. The van der Waals surface area contributed by atoms with Crippen molar-refractivity contribution in [3.05, 3.63) is 53.1 Å². The molecule has 2 amide bonds. The van der Waals surface area contributed by atoms with Crippen LogP contribution in [0.25, 0.3) is 0 Å². The second-order valence-corrected chi connectivity index (χ2v) is 7.31. The Hall–Kier alpha value is -3.22. The summed E-state index contributed by atoms with van der Waals surface area (Å²) in [4.78, 5) is 25.6. The van der Waals surface area contributed by atoms with Gasteiger partial charge in [0.15, 0.2) is 11.5 Å². The van der Waals surface area contributed by atoms with E-state index in [9.17, 15) is 9.59 Å². The number of carbonyl (C=O) groups excluding carboxylic acids is 2. The Morgan fingerprint density at radius 1 is 0.933 bits per heavy atom. The number of hydrogen-bond acceptors (Lipinski definition) is 5. The fraction of sp³-hybridized carbons (Fsp3) is 0.391. The predicted octanol–water partition coefficient (Wildman–Crippen LogP) is 3.09. The van der Waals surface area contributed by atoms with Gasteiger partial charge in [-0.2, -0.15) is 0 Å². The van der Waals surface area contributed by atoms with Gasteiger partial charge in [0, 0.05) is 12.1 Å². The molecule has 162 valence electrons. The van der Waals surface area contributed by atoms with Crippen LogP contribution in [0.2, 0.25) is 0 Å². The average molecular weight is 415 g/mol. The Labute approximate surface area is 177 Å². The first kappa shape index (κ1) is 23.1. The third-order valence-electron chi connectivity index (χ3n) is 4.75. The second-order valence-electron chi connectivity index (χ2n) is 7.31. The third-order valence-corrected chi connectivity index (χ3v) is 4.75. The average Bonchev–Trinajstić information content (AvgIpc) is 2.75. The molecule has 0 saturated heterocycles. The first-order valence-electron chi connectivity index (χ1n) is 9.74. The van der Waals surface area contributed by atoms with Crippen LogP contribution in [0.5, 0.6) is 17.2 Å². The van der Waals surface area contributed by atoms with Crippen molar-refractivity contribution in [1.29, 1.82) is 0 Å². The summed E-state index contributed by atoms with van der Waals surface area (Å²) in [5.41, 5.74) is 2.46. The van der Waals surface area contributed by atoms with Crippen LogP contribution in [0, 0.1) is 12.8 Å². The normalized spacial score (nSPS) is 11.6. The second kappa shape index (κ2) is 10.5. The molecule has 7 heteroatoms. The summed E-state index contributed by atoms with van der Waals surface area (Å²) in [7, 11) is 4.45. The highest BCUT2D eigenvalue weighted by atomic mass is 16.5. The molecule has 0 aliphatic heterocycles. The van der Waals surface area contributed by atoms with Crippen molar-refractivity contribution >= 4 is 11.8 Å². The first-order valence-corrected chi connectivity index (χ1v) is 9.74. The van der Waals surface area contributed by atoms with Gasteiger partial charge >= 0.3 is 0 Å². The minimum absolute atomic E-state index is 0.103. The number of benzene rings is 2. The van der Waals surface area contributed by atoms with Gasteiger partial charge in [-0.1, -0.05) is 43.7 Å². The lowest BCUT2D eigenvalue weighted by Crippen LogP contribution is -2.49. The van der Waals surface area contributed by atoms with E-state index < -0.39 is 11.9 Å². The van der Waals surface area contributed by atoms with Gasteiger partial charge in [-0.05, 0) is 30.5 Å². The highest BCUT2D eigenvalue weighted by molar-refractivity contribution is 5.98. The smallest absolute Gasteiger partial charge is 0.252 e. The first-order chi connectivity index (χ1) is 14.3. The van der Waals surface area contributed by atoms with E-state index in [4.69, 9.17) is 14.2 Å². The molecule has 1 atom stereocenters. The Morgan fingerprint density at radius 2 is 1.50 bits per heavy atom. The standard InChI is InChI=1S/C23H30N2O5/c1-14(2)20(23(27)24-13-16-9-7-15(3)8-10-16)25-22(26)17-11-18(28-4)21(30-6)19(12-17)29-5/h7-12,14,20H,13H2,1-6H3,(H,24,27)(H,25,26)/t20-/m0/s1. The SMILES string of the molecule is COc1cc(C(=O)N[C@H](C(=O)NCc2ccc(C)cc2)C(C)C)cc(OC)c1OC. The number of nitrogens with one attached hydrogen (secondary N) is 2. The predicted molar refractivity (Wildman–Crippen MR) is 115 cm³/mol. The van der Waals surface area contributed by atoms with E-state index in [1.165, 1.54) is 21.3 Å². The van der Waals surface area contributed by atoms with Gasteiger partial charge in [-0.3, -0.25) is 9.59 Å². The maximum Gasteiger partial charge on any atom is 0.252 e. The van der Waals surface area contributed by atoms with E-state index in [-0.39, 0.29) is 11.8 Å². The molecule has 2 rings (SSSR count). The molecular weight excluding hydrogens is 384 g/mol. The number of ether oxygens (including phenoxy) is 3. The van der Waals surface area contributed by atoms with Crippen LogP contribution in [0.1, 0.15) is 35.3 Å². The molecule has 2 aromatic carbocycles. The lowest BCUT2D eigenvalue weighted by molar-refractivity contribution is -0.124. The fourth-order valence-electron chi connectivity index (χ4n) is 2.98. The van der Waals surface area contributed by atoms with E-state index in [2.05, 4.69) is 10.6 Å². The van der Waals surface area contributed by atoms with E-state index in [0.717, 1.165) is 11.1 Å². The molecule has 0 heterocycles. The quantitative estimate of drug-likeness (QED) is 0.659. The largest absolute Gasteiger partial charge is 0.493 e. The monoisotopic (exact) mass is 414 g/mol. The number of amides is 2. The van der Waals surface area contributed by atoms with Gasteiger partial charge < -0.3 is 24.8 Å². The zero-order chi connectivity index (χ0) is 22.3. The van der Waals surface area contributed by atoms with Gasteiger partial charge in [0.1, 0.15) is 6.04 Å². The van der Waals surface area contributed by atoms with E-state index in [1.807, 2.05) is 45.0 Å².